The number of carbonyl (C=O) groups is 1. The van der Waals surface area contributed by atoms with E-state index in [1.54, 1.807) is 10.7 Å². The third kappa shape index (κ3) is 4.48. The van der Waals surface area contributed by atoms with Crippen LogP contribution in [0.5, 0.6) is 0 Å². The molecule has 0 saturated carbocycles. The summed E-state index contributed by atoms with van der Waals surface area (Å²) in [7, 11) is -1.92. The van der Waals surface area contributed by atoms with Crippen molar-refractivity contribution in [3.05, 3.63) is 23.6 Å². The fourth-order valence-electron chi connectivity index (χ4n) is 2.40. The first-order chi connectivity index (χ1) is 11.7. The van der Waals surface area contributed by atoms with Crippen molar-refractivity contribution < 1.29 is 19.1 Å². The van der Waals surface area contributed by atoms with Gasteiger partial charge in [0.1, 0.15) is 24.3 Å². The Hall–Kier alpha value is -1.80. The highest BCUT2D eigenvalue weighted by Gasteiger charge is 2.40. The molecule has 1 amide bonds. The van der Waals surface area contributed by atoms with Crippen LogP contribution in [0.3, 0.4) is 0 Å². The van der Waals surface area contributed by atoms with Gasteiger partial charge in [-0.2, -0.15) is 5.10 Å². The summed E-state index contributed by atoms with van der Waals surface area (Å²) in [5.41, 5.74) is 0.302. The highest BCUT2D eigenvalue weighted by Crippen LogP contribution is 2.40. The van der Waals surface area contributed by atoms with Gasteiger partial charge in [-0.25, -0.2) is 9.48 Å². The molecule has 0 saturated heterocycles. The lowest BCUT2D eigenvalue weighted by atomic mass is 10.1. The van der Waals surface area contributed by atoms with Gasteiger partial charge < -0.3 is 14.3 Å². The molecule has 1 aromatic heterocycles. The molecular formula is C18H31N3O4Si. The summed E-state index contributed by atoms with van der Waals surface area (Å²) < 4.78 is 13.8. The Bertz CT molecular complexity index is 711. The maximum atomic E-state index is 11.1. The average Bonchev–Trinajstić information content (AvgIpc) is 3.02. The molecule has 0 fully saturated rings. The van der Waals surface area contributed by atoms with E-state index >= 15 is 0 Å². The van der Waals surface area contributed by atoms with E-state index in [0.717, 1.165) is 5.76 Å². The minimum Gasteiger partial charge on any atom is -0.545 e. The molecule has 26 heavy (non-hydrogen) atoms. The number of carboxylic acid groups (broad SMARTS) is 1. The highest BCUT2D eigenvalue weighted by atomic mass is 28.4. The monoisotopic (exact) mass is 381 g/mol. The van der Waals surface area contributed by atoms with Crippen LogP contribution in [0.4, 0.5) is 10.6 Å². The van der Waals surface area contributed by atoms with Crippen molar-refractivity contribution in [2.75, 3.05) is 11.9 Å². The lowest BCUT2D eigenvalue weighted by Crippen LogP contribution is -2.40. The first-order valence-corrected chi connectivity index (χ1v) is 11.7. The quantitative estimate of drug-likeness (QED) is 0.738. The third-order valence-electron chi connectivity index (χ3n) is 4.83. The van der Waals surface area contributed by atoms with Gasteiger partial charge in [-0.15, -0.1) is 0 Å². The molecule has 0 aromatic carbocycles. The molecule has 2 rings (SSSR count). The van der Waals surface area contributed by atoms with Crippen LogP contribution in [0.2, 0.25) is 18.1 Å². The maximum Gasteiger partial charge on any atom is 0.410 e. The number of hydrogen-bond donors (Lipinski definition) is 2. The second-order valence-corrected chi connectivity index (χ2v) is 13.9. The zero-order valence-electron chi connectivity index (χ0n) is 17.0. The van der Waals surface area contributed by atoms with Crippen molar-refractivity contribution in [3.63, 3.8) is 0 Å². The first-order valence-electron chi connectivity index (χ1n) is 8.82. The maximum absolute atomic E-state index is 11.1. The summed E-state index contributed by atoms with van der Waals surface area (Å²) in [6.45, 7) is 17.3. The van der Waals surface area contributed by atoms with Crippen LogP contribution in [-0.2, 0) is 14.7 Å². The predicted octanol–water partition coefficient (Wildman–Crippen LogP) is 4.71. The molecule has 8 heteroatoms. The SMILES string of the molecule is CC(C)(C)n1nc([C@@H]2C=C(O[Si](C)(C)C(C)(C)C)CO2)cc1NC(=O)O. The molecule has 0 spiro atoms. The van der Waals surface area contributed by atoms with Gasteiger partial charge in [0.15, 0.2) is 0 Å². The molecule has 146 valence electrons. The Labute approximate surface area is 156 Å². The van der Waals surface area contributed by atoms with Crippen molar-refractivity contribution in [1.82, 2.24) is 9.78 Å². The minimum atomic E-state index is -1.92. The summed E-state index contributed by atoms with van der Waals surface area (Å²) in [4.78, 5) is 11.1. The van der Waals surface area contributed by atoms with Crippen LogP contribution in [-0.4, -0.2) is 35.9 Å². The third-order valence-corrected chi connectivity index (χ3v) is 9.21. The summed E-state index contributed by atoms with van der Waals surface area (Å²) in [6, 6.07) is 1.72. The molecule has 1 aromatic rings. The second-order valence-electron chi connectivity index (χ2n) is 9.19. The van der Waals surface area contributed by atoms with Gasteiger partial charge >= 0.3 is 6.09 Å². The van der Waals surface area contributed by atoms with Crippen LogP contribution in [0, 0.1) is 0 Å². The van der Waals surface area contributed by atoms with Crippen molar-refractivity contribution in [1.29, 1.82) is 0 Å². The van der Waals surface area contributed by atoms with Crippen LogP contribution in [0.15, 0.2) is 17.9 Å². The topological polar surface area (TPSA) is 85.6 Å². The van der Waals surface area contributed by atoms with Crippen LogP contribution in [0.25, 0.3) is 0 Å². The van der Waals surface area contributed by atoms with E-state index in [-0.39, 0.29) is 16.7 Å². The zero-order chi connectivity index (χ0) is 19.9. The predicted molar refractivity (Wildman–Crippen MR) is 104 cm³/mol. The van der Waals surface area contributed by atoms with Gasteiger partial charge in [-0.1, -0.05) is 20.8 Å². The summed E-state index contributed by atoms with van der Waals surface area (Å²) in [5.74, 6) is 1.26. The summed E-state index contributed by atoms with van der Waals surface area (Å²) in [5, 5.41) is 16.2. The fourth-order valence-corrected chi connectivity index (χ4v) is 3.49. The molecule has 1 atom stereocenters. The Morgan fingerprint density at radius 3 is 2.46 bits per heavy atom. The van der Waals surface area contributed by atoms with Gasteiger partial charge in [-0.05, 0) is 45.0 Å². The minimum absolute atomic E-state index is 0.109. The smallest absolute Gasteiger partial charge is 0.410 e. The van der Waals surface area contributed by atoms with E-state index in [9.17, 15) is 4.79 Å². The summed E-state index contributed by atoms with van der Waals surface area (Å²) in [6.07, 6.45) is 0.486. The van der Waals surface area contributed by atoms with E-state index < -0.39 is 14.4 Å². The number of amides is 1. The molecule has 1 aliphatic heterocycles. The average molecular weight is 382 g/mol. The molecule has 2 N–H and O–H groups in total. The van der Waals surface area contributed by atoms with Crippen LogP contribution >= 0.6 is 0 Å². The van der Waals surface area contributed by atoms with Crippen molar-refractivity contribution in [2.45, 2.75) is 71.3 Å². The molecule has 0 bridgehead atoms. The van der Waals surface area contributed by atoms with Crippen molar-refractivity contribution in [2.24, 2.45) is 0 Å². The first kappa shape index (κ1) is 20.5. The normalized spacial score (nSPS) is 18.6. The number of nitrogens with zero attached hydrogens (tertiary/aromatic N) is 2. The number of ether oxygens (including phenoxy) is 1. The van der Waals surface area contributed by atoms with Crippen LogP contribution < -0.4 is 5.32 Å². The van der Waals surface area contributed by atoms with Gasteiger partial charge in [0.2, 0.25) is 8.32 Å². The number of rotatable bonds is 4. The van der Waals surface area contributed by atoms with E-state index in [0.29, 0.717) is 18.1 Å². The number of anilines is 1. The van der Waals surface area contributed by atoms with E-state index in [4.69, 9.17) is 14.3 Å². The van der Waals surface area contributed by atoms with Crippen molar-refractivity contribution in [3.8, 4) is 0 Å². The number of hydrogen-bond acceptors (Lipinski definition) is 4. The molecule has 0 radical (unpaired) electrons. The molecule has 0 aliphatic carbocycles. The molecular weight excluding hydrogens is 350 g/mol. The summed E-state index contributed by atoms with van der Waals surface area (Å²) >= 11 is 0. The largest absolute Gasteiger partial charge is 0.545 e. The second kappa shape index (κ2) is 6.73. The fraction of sp³-hybridized carbons (Fsp3) is 0.667. The number of aromatic nitrogens is 2. The highest BCUT2D eigenvalue weighted by molar-refractivity contribution is 6.74. The lowest BCUT2D eigenvalue weighted by molar-refractivity contribution is 0.110. The lowest BCUT2D eigenvalue weighted by Gasteiger charge is -2.36. The van der Waals surface area contributed by atoms with Gasteiger partial charge in [-0.3, -0.25) is 5.32 Å². The molecule has 0 unspecified atom stereocenters. The van der Waals surface area contributed by atoms with Crippen molar-refractivity contribution >= 4 is 20.2 Å². The van der Waals surface area contributed by atoms with Gasteiger partial charge in [0.25, 0.3) is 0 Å². The van der Waals surface area contributed by atoms with Gasteiger partial charge in [0, 0.05) is 6.07 Å². The Kier molecular flexibility index (Phi) is 5.31. The van der Waals surface area contributed by atoms with E-state index in [2.05, 4.69) is 44.3 Å². The number of nitrogens with one attached hydrogen (secondary N) is 1. The Morgan fingerprint density at radius 2 is 1.96 bits per heavy atom. The van der Waals surface area contributed by atoms with E-state index in [1.165, 1.54) is 0 Å². The Balaban J connectivity index is 2.26. The zero-order valence-corrected chi connectivity index (χ0v) is 18.0. The van der Waals surface area contributed by atoms with Crippen LogP contribution in [0.1, 0.15) is 53.3 Å². The molecule has 2 heterocycles. The molecule has 1 aliphatic rings. The standard InChI is InChI=1S/C18H31N3O4Si/c1-17(2,3)21-15(19-16(22)23)10-13(20-21)14-9-12(11-24-14)25-26(7,8)18(4,5)6/h9-10,14,19H,11H2,1-8H3,(H,22,23)/t14-/m0/s1. The molecule has 7 nitrogen and oxygen atoms in total. The Morgan fingerprint density at radius 1 is 1.35 bits per heavy atom. The van der Waals surface area contributed by atoms with Gasteiger partial charge in [0.05, 0.1) is 11.2 Å². The van der Waals surface area contributed by atoms with E-state index in [1.807, 2.05) is 26.8 Å².